The molecule has 0 amide bonds. The molecule has 0 spiro atoms. The summed E-state index contributed by atoms with van der Waals surface area (Å²) in [7, 11) is 0. The maximum atomic E-state index is 11.8. The van der Waals surface area contributed by atoms with Crippen molar-refractivity contribution in [3.63, 3.8) is 0 Å². The summed E-state index contributed by atoms with van der Waals surface area (Å²) in [6.07, 6.45) is 0. The van der Waals surface area contributed by atoms with Crippen molar-refractivity contribution < 1.29 is 4.11 Å². The topological polar surface area (TPSA) is 38.0 Å². The van der Waals surface area contributed by atoms with Crippen LogP contribution in [0.15, 0.2) is 182 Å². The Labute approximate surface area is 358 Å². The number of fused-ring (bicyclic) bond motifs is 10. The molecule has 0 bridgehead atoms. The lowest BCUT2D eigenvalue weighted by atomic mass is 9.88. The Morgan fingerprint density at radius 2 is 1.11 bits per heavy atom. The zero-order valence-corrected chi connectivity index (χ0v) is 33.1. The number of para-hydroxylation sites is 1. The molecule has 0 radical (unpaired) electrons. The summed E-state index contributed by atoms with van der Waals surface area (Å²) in [6, 6.07) is 57.4. The van der Waals surface area contributed by atoms with E-state index in [2.05, 4.69) is 82.2 Å². The van der Waals surface area contributed by atoms with Crippen LogP contribution in [0.2, 0.25) is 0 Å². The summed E-state index contributed by atoms with van der Waals surface area (Å²) in [5.41, 5.74) is 7.39. The Morgan fingerprint density at radius 3 is 1.87 bits per heavy atom. The van der Waals surface area contributed by atoms with Crippen LogP contribution in [0.5, 0.6) is 0 Å². The van der Waals surface area contributed by atoms with Crippen LogP contribution in [0.4, 0.5) is 5.69 Å². The second-order valence-electron chi connectivity index (χ2n) is 15.5. The van der Waals surface area contributed by atoms with Crippen LogP contribution in [0.3, 0.4) is 0 Å². The first-order valence-electron chi connectivity index (χ1n) is 21.6. The van der Waals surface area contributed by atoms with Gasteiger partial charge in [-0.15, -0.1) is 11.3 Å². The third kappa shape index (κ3) is 4.45. The van der Waals surface area contributed by atoms with Crippen molar-refractivity contribution in [3.8, 4) is 39.7 Å². The first-order valence-corrected chi connectivity index (χ1v) is 20.9. The van der Waals surface area contributed by atoms with Crippen molar-refractivity contribution in [2.45, 2.75) is 0 Å². The molecule has 0 fully saturated rings. The van der Waals surface area contributed by atoms with Gasteiger partial charge < -0.3 is 9.13 Å². The Kier molecular flexibility index (Phi) is 6.38. The lowest BCUT2D eigenvalue weighted by Gasteiger charge is -2.25. The molecule has 3 aromatic heterocycles. The van der Waals surface area contributed by atoms with Crippen LogP contribution in [0, 0.1) is 17.9 Å². The summed E-state index contributed by atoms with van der Waals surface area (Å²) in [5, 5.41) is 21.1. The molecule has 10 aromatic carbocycles. The molecular weight excluding hydrogens is 761 g/mol. The lowest BCUT2D eigenvalue weighted by Crippen LogP contribution is -2.08. The average molecular weight is 794 g/mol. The molecule has 4 nitrogen and oxygen atoms in total. The van der Waals surface area contributed by atoms with E-state index in [-0.39, 0.29) is 23.8 Å². The van der Waals surface area contributed by atoms with Crippen molar-refractivity contribution in [3.05, 3.63) is 199 Å². The SMILES string of the molecule is [2H]c1c([2H])c2c3ccccc3c3cccc4c3c2c(c1[2H])n4-c1c([N+]#[C-])c(-c2ccccc2)c(C#N)c(-n2c3ccccc3c3ccc4c5ccccc5sc4c32)c1-c1ccccc1. The summed E-state index contributed by atoms with van der Waals surface area (Å²) < 4.78 is 35.1. The van der Waals surface area contributed by atoms with Crippen molar-refractivity contribution >= 4 is 102 Å². The van der Waals surface area contributed by atoms with Gasteiger partial charge in [-0.2, -0.15) is 5.26 Å². The molecule has 3 heterocycles. The highest BCUT2D eigenvalue weighted by Crippen LogP contribution is 2.54. The minimum atomic E-state index is -0.192. The number of hydrogen-bond donors (Lipinski definition) is 0. The predicted octanol–water partition coefficient (Wildman–Crippen LogP) is 15.7. The predicted molar refractivity (Wildman–Crippen MR) is 256 cm³/mol. The normalized spacial score (nSPS) is 12.6. The molecular formula is C56H30N4S. The van der Waals surface area contributed by atoms with Gasteiger partial charge in [0, 0.05) is 48.1 Å². The first kappa shape index (κ1) is 30.8. The Morgan fingerprint density at radius 1 is 0.508 bits per heavy atom. The van der Waals surface area contributed by atoms with Gasteiger partial charge in [-0.1, -0.05) is 158 Å². The van der Waals surface area contributed by atoms with E-state index >= 15 is 0 Å². The van der Waals surface area contributed by atoms with Crippen molar-refractivity contribution in [1.82, 2.24) is 9.13 Å². The highest BCUT2D eigenvalue weighted by Gasteiger charge is 2.32. The van der Waals surface area contributed by atoms with Gasteiger partial charge in [0.15, 0.2) is 0 Å². The van der Waals surface area contributed by atoms with Crippen molar-refractivity contribution in [1.29, 1.82) is 5.26 Å². The van der Waals surface area contributed by atoms with E-state index in [4.69, 9.17) is 0 Å². The minimum Gasteiger partial charge on any atom is -0.318 e. The van der Waals surface area contributed by atoms with Crippen molar-refractivity contribution in [2.24, 2.45) is 0 Å². The van der Waals surface area contributed by atoms with E-state index < -0.39 is 0 Å². The second kappa shape index (κ2) is 12.6. The first-order chi connectivity index (χ1) is 31.5. The molecule has 0 aliphatic rings. The number of benzene rings is 10. The van der Waals surface area contributed by atoms with Crippen LogP contribution < -0.4 is 0 Å². The standard InChI is InChI=1S/C56H30N4S/c1-58-52-48(33-16-4-2-5-17-33)43(32-57)53(60-44-26-12-10-22-37(44)41-30-31-42-38-23-11-13-29-47(38)61-56(42)54(41)60)49(34-18-6-3-7-19-34)55(52)59-45-27-14-24-39-35-20-8-9-21-36(35)40-25-15-28-46(59)51(40)50(39)45/h2-31H/i14D,24D,27D. The van der Waals surface area contributed by atoms with E-state index in [1.807, 2.05) is 102 Å². The fourth-order valence-corrected chi connectivity index (χ4v) is 11.3. The highest BCUT2D eigenvalue weighted by atomic mass is 32.1. The maximum absolute atomic E-state index is 11.8. The van der Waals surface area contributed by atoms with E-state index in [0.717, 1.165) is 74.6 Å². The number of nitriles is 1. The number of nitrogens with zero attached hydrogens (tertiary/aromatic N) is 4. The highest BCUT2D eigenvalue weighted by molar-refractivity contribution is 7.26. The molecule has 13 rings (SSSR count). The molecule has 0 unspecified atom stereocenters. The number of aromatic nitrogens is 2. The quantitative estimate of drug-likeness (QED) is 0.129. The zero-order chi connectivity index (χ0) is 43.0. The van der Waals surface area contributed by atoms with Gasteiger partial charge in [0.1, 0.15) is 6.07 Å². The molecule has 0 aliphatic carbocycles. The van der Waals surface area contributed by atoms with E-state index in [1.54, 1.807) is 11.3 Å². The molecule has 13 aromatic rings. The molecule has 61 heavy (non-hydrogen) atoms. The number of thiophene rings is 1. The Hall–Kier alpha value is -8.22. The van der Waals surface area contributed by atoms with Gasteiger partial charge in [-0.05, 0) is 56.9 Å². The maximum Gasteiger partial charge on any atom is 0.220 e. The van der Waals surface area contributed by atoms with Crippen LogP contribution in [-0.4, -0.2) is 9.13 Å². The van der Waals surface area contributed by atoms with E-state index in [1.165, 1.54) is 0 Å². The molecule has 0 saturated carbocycles. The summed E-state index contributed by atoms with van der Waals surface area (Å²) in [5.74, 6) is 0. The average Bonchev–Trinajstić information content (AvgIpc) is 4.01. The molecule has 0 N–H and O–H groups in total. The van der Waals surface area contributed by atoms with E-state index in [0.29, 0.717) is 49.9 Å². The second-order valence-corrected chi connectivity index (χ2v) is 16.5. The molecule has 0 aliphatic heterocycles. The van der Waals surface area contributed by atoms with Gasteiger partial charge in [0.25, 0.3) is 0 Å². The monoisotopic (exact) mass is 793 g/mol. The Bertz CT molecular complexity index is 4240. The minimum absolute atomic E-state index is 0.00434. The molecule has 280 valence electrons. The van der Waals surface area contributed by atoms with Crippen LogP contribution in [-0.2, 0) is 0 Å². The van der Waals surface area contributed by atoms with Crippen LogP contribution in [0.1, 0.15) is 9.68 Å². The summed E-state index contributed by atoms with van der Waals surface area (Å²) in [4.78, 5) is 4.43. The van der Waals surface area contributed by atoms with Crippen LogP contribution >= 0.6 is 11.3 Å². The van der Waals surface area contributed by atoms with Crippen LogP contribution in [0.25, 0.3) is 124 Å². The molecule has 5 heteroatoms. The fourth-order valence-electron chi connectivity index (χ4n) is 10.1. The van der Waals surface area contributed by atoms with Gasteiger partial charge in [-0.25, -0.2) is 4.85 Å². The lowest BCUT2D eigenvalue weighted by molar-refractivity contribution is 1.14. The number of hydrogen-bond acceptors (Lipinski definition) is 2. The largest absolute Gasteiger partial charge is 0.318 e. The van der Waals surface area contributed by atoms with Gasteiger partial charge in [-0.3, -0.25) is 0 Å². The molecule has 0 atom stereocenters. The summed E-state index contributed by atoms with van der Waals surface area (Å²) in [6.45, 7) is 9.22. The Balaban J connectivity index is 1.36. The van der Waals surface area contributed by atoms with E-state index in [9.17, 15) is 15.9 Å². The van der Waals surface area contributed by atoms with Crippen molar-refractivity contribution in [2.75, 3.05) is 0 Å². The fraction of sp³-hybridized carbons (Fsp3) is 0. The zero-order valence-electron chi connectivity index (χ0n) is 35.3. The smallest absolute Gasteiger partial charge is 0.220 e. The molecule has 0 saturated heterocycles. The van der Waals surface area contributed by atoms with Gasteiger partial charge >= 0.3 is 0 Å². The third-order valence-electron chi connectivity index (χ3n) is 12.5. The third-order valence-corrected chi connectivity index (χ3v) is 13.7. The summed E-state index contributed by atoms with van der Waals surface area (Å²) >= 11 is 1.73. The van der Waals surface area contributed by atoms with Gasteiger partial charge in [0.05, 0.1) is 54.4 Å². The van der Waals surface area contributed by atoms with Gasteiger partial charge in [0.2, 0.25) is 5.69 Å². The number of rotatable bonds is 4.